The SMILES string of the molecule is C=C(C)Cn1cncc1C1CCCN1C(=O)OC(C)(C)C. The smallest absolute Gasteiger partial charge is 0.410 e. The lowest BCUT2D eigenvalue weighted by Crippen LogP contribution is -2.37. The van der Waals surface area contributed by atoms with E-state index in [9.17, 15) is 4.79 Å². The van der Waals surface area contributed by atoms with Gasteiger partial charge in [-0.05, 0) is 40.5 Å². The molecule has 1 amide bonds. The number of aromatic nitrogens is 2. The van der Waals surface area contributed by atoms with Crippen LogP contribution in [0.3, 0.4) is 0 Å². The average Bonchev–Trinajstić information content (AvgIpc) is 2.92. The normalized spacial score (nSPS) is 18.9. The fraction of sp³-hybridized carbons (Fsp3) is 0.625. The average molecular weight is 291 g/mol. The zero-order valence-electron chi connectivity index (χ0n) is 13.4. The first-order chi connectivity index (χ1) is 9.78. The molecular weight excluding hydrogens is 266 g/mol. The first-order valence-electron chi connectivity index (χ1n) is 7.42. The molecule has 1 aliphatic heterocycles. The molecule has 1 aromatic heterocycles. The number of rotatable bonds is 3. The Morgan fingerprint density at radius 3 is 2.86 bits per heavy atom. The number of likely N-dealkylation sites (tertiary alicyclic amines) is 1. The number of carbonyl (C=O) groups excluding carboxylic acids is 1. The second-order valence-electron chi connectivity index (χ2n) is 6.74. The van der Waals surface area contributed by atoms with Gasteiger partial charge in [0.25, 0.3) is 0 Å². The minimum absolute atomic E-state index is 0.0432. The van der Waals surface area contributed by atoms with Crippen LogP contribution < -0.4 is 0 Å². The standard InChI is InChI=1S/C16H25N3O2/c1-12(2)10-18-11-17-9-14(18)13-7-6-8-19(13)15(20)21-16(3,4)5/h9,11,13H,1,6-8,10H2,2-5H3. The van der Waals surface area contributed by atoms with Crippen molar-refractivity contribution in [2.45, 2.75) is 58.7 Å². The van der Waals surface area contributed by atoms with Gasteiger partial charge >= 0.3 is 6.09 Å². The molecule has 1 atom stereocenters. The third-order valence-corrected chi connectivity index (χ3v) is 3.41. The minimum atomic E-state index is -0.470. The monoisotopic (exact) mass is 291 g/mol. The summed E-state index contributed by atoms with van der Waals surface area (Å²) in [6, 6.07) is 0.0432. The maximum atomic E-state index is 12.4. The molecule has 0 radical (unpaired) electrons. The molecule has 1 aromatic rings. The molecule has 0 bridgehead atoms. The molecule has 2 rings (SSSR count). The highest BCUT2D eigenvalue weighted by molar-refractivity contribution is 5.69. The molecule has 5 heteroatoms. The number of imidazole rings is 1. The van der Waals surface area contributed by atoms with Gasteiger partial charge in [0.05, 0.1) is 24.3 Å². The molecule has 1 aliphatic rings. The maximum Gasteiger partial charge on any atom is 0.410 e. The Labute approximate surface area is 126 Å². The van der Waals surface area contributed by atoms with E-state index in [0.717, 1.165) is 37.2 Å². The summed E-state index contributed by atoms with van der Waals surface area (Å²) >= 11 is 0. The van der Waals surface area contributed by atoms with Crippen molar-refractivity contribution < 1.29 is 9.53 Å². The molecule has 0 saturated carbocycles. The van der Waals surface area contributed by atoms with Gasteiger partial charge in [-0.2, -0.15) is 0 Å². The lowest BCUT2D eigenvalue weighted by molar-refractivity contribution is 0.0219. The van der Waals surface area contributed by atoms with Gasteiger partial charge in [0.15, 0.2) is 0 Å². The van der Waals surface area contributed by atoms with Gasteiger partial charge in [0, 0.05) is 13.1 Å². The van der Waals surface area contributed by atoms with Crippen LogP contribution in [0.4, 0.5) is 4.79 Å². The van der Waals surface area contributed by atoms with Gasteiger partial charge < -0.3 is 9.30 Å². The zero-order valence-corrected chi connectivity index (χ0v) is 13.4. The number of nitrogens with zero attached hydrogens (tertiary/aromatic N) is 3. The van der Waals surface area contributed by atoms with Crippen molar-refractivity contribution in [2.75, 3.05) is 6.54 Å². The zero-order chi connectivity index (χ0) is 15.6. The summed E-state index contributed by atoms with van der Waals surface area (Å²) in [5.41, 5.74) is 1.65. The van der Waals surface area contributed by atoms with E-state index in [4.69, 9.17) is 4.74 Å². The van der Waals surface area contributed by atoms with Crippen LogP contribution in [-0.2, 0) is 11.3 Å². The van der Waals surface area contributed by atoms with E-state index in [0.29, 0.717) is 0 Å². The highest BCUT2D eigenvalue weighted by atomic mass is 16.6. The number of carbonyl (C=O) groups is 1. The third kappa shape index (κ3) is 3.86. The molecular formula is C16H25N3O2. The fourth-order valence-electron chi connectivity index (χ4n) is 2.64. The summed E-state index contributed by atoms with van der Waals surface area (Å²) in [5, 5.41) is 0. The van der Waals surface area contributed by atoms with Gasteiger partial charge in [-0.15, -0.1) is 0 Å². The summed E-state index contributed by atoms with van der Waals surface area (Å²) in [7, 11) is 0. The van der Waals surface area contributed by atoms with E-state index in [1.807, 2.05) is 38.8 Å². The van der Waals surface area contributed by atoms with E-state index < -0.39 is 5.60 Å². The van der Waals surface area contributed by atoms with E-state index in [2.05, 4.69) is 16.1 Å². The fourth-order valence-corrected chi connectivity index (χ4v) is 2.64. The largest absolute Gasteiger partial charge is 0.444 e. The lowest BCUT2D eigenvalue weighted by Gasteiger charge is -2.29. The Balaban J connectivity index is 2.17. The minimum Gasteiger partial charge on any atom is -0.444 e. The van der Waals surface area contributed by atoms with Crippen LogP contribution in [0.2, 0.25) is 0 Å². The van der Waals surface area contributed by atoms with Gasteiger partial charge in [-0.1, -0.05) is 12.2 Å². The Hall–Kier alpha value is -1.78. The molecule has 2 heterocycles. The van der Waals surface area contributed by atoms with Crippen LogP contribution in [0.15, 0.2) is 24.7 Å². The van der Waals surface area contributed by atoms with E-state index >= 15 is 0 Å². The number of allylic oxidation sites excluding steroid dienone is 1. The molecule has 0 N–H and O–H groups in total. The van der Waals surface area contributed by atoms with Gasteiger partial charge in [-0.25, -0.2) is 9.78 Å². The third-order valence-electron chi connectivity index (χ3n) is 3.41. The van der Waals surface area contributed by atoms with Crippen LogP contribution in [0.1, 0.15) is 52.3 Å². The predicted molar refractivity (Wildman–Crippen MR) is 82.0 cm³/mol. The highest BCUT2D eigenvalue weighted by Crippen LogP contribution is 2.33. The van der Waals surface area contributed by atoms with Crippen molar-refractivity contribution in [2.24, 2.45) is 0 Å². The van der Waals surface area contributed by atoms with Crippen molar-refractivity contribution in [1.82, 2.24) is 14.5 Å². The Morgan fingerprint density at radius 2 is 2.24 bits per heavy atom. The van der Waals surface area contributed by atoms with Crippen molar-refractivity contribution in [1.29, 1.82) is 0 Å². The van der Waals surface area contributed by atoms with Gasteiger partial charge in [0.2, 0.25) is 0 Å². The highest BCUT2D eigenvalue weighted by Gasteiger charge is 2.34. The van der Waals surface area contributed by atoms with E-state index in [-0.39, 0.29) is 12.1 Å². The summed E-state index contributed by atoms with van der Waals surface area (Å²) in [6.45, 7) is 13.1. The van der Waals surface area contributed by atoms with E-state index in [1.165, 1.54) is 0 Å². The number of hydrogen-bond donors (Lipinski definition) is 0. The molecule has 116 valence electrons. The predicted octanol–water partition coefficient (Wildman–Crippen LogP) is 3.53. The maximum absolute atomic E-state index is 12.4. The Kier molecular flexibility index (Phi) is 4.40. The van der Waals surface area contributed by atoms with Crippen LogP contribution in [0.25, 0.3) is 0 Å². The van der Waals surface area contributed by atoms with Crippen LogP contribution in [0.5, 0.6) is 0 Å². The summed E-state index contributed by atoms with van der Waals surface area (Å²) in [4.78, 5) is 18.4. The lowest BCUT2D eigenvalue weighted by atomic mass is 10.1. The Morgan fingerprint density at radius 1 is 1.52 bits per heavy atom. The van der Waals surface area contributed by atoms with Crippen molar-refractivity contribution in [3.8, 4) is 0 Å². The molecule has 1 saturated heterocycles. The Bertz CT molecular complexity index is 528. The molecule has 1 fully saturated rings. The van der Waals surface area contributed by atoms with Crippen LogP contribution in [0, 0.1) is 0 Å². The molecule has 5 nitrogen and oxygen atoms in total. The first-order valence-corrected chi connectivity index (χ1v) is 7.42. The van der Waals surface area contributed by atoms with Crippen molar-refractivity contribution in [3.05, 3.63) is 30.4 Å². The molecule has 1 unspecified atom stereocenters. The number of amides is 1. The van der Waals surface area contributed by atoms with E-state index in [1.54, 1.807) is 6.33 Å². The van der Waals surface area contributed by atoms with Crippen molar-refractivity contribution >= 4 is 6.09 Å². The topological polar surface area (TPSA) is 47.4 Å². The molecule has 0 aromatic carbocycles. The summed E-state index contributed by atoms with van der Waals surface area (Å²) in [6.07, 6.45) is 5.34. The van der Waals surface area contributed by atoms with Crippen LogP contribution >= 0.6 is 0 Å². The second kappa shape index (κ2) is 5.92. The molecule has 0 aliphatic carbocycles. The molecule has 21 heavy (non-hydrogen) atoms. The van der Waals surface area contributed by atoms with Crippen molar-refractivity contribution in [3.63, 3.8) is 0 Å². The summed E-state index contributed by atoms with van der Waals surface area (Å²) < 4.78 is 7.58. The quantitative estimate of drug-likeness (QED) is 0.800. The molecule has 0 spiro atoms. The number of hydrogen-bond acceptors (Lipinski definition) is 3. The summed E-state index contributed by atoms with van der Waals surface area (Å²) in [5.74, 6) is 0. The van der Waals surface area contributed by atoms with Gasteiger partial charge in [-0.3, -0.25) is 4.90 Å². The number of ether oxygens (including phenoxy) is 1. The second-order valence-corrected chi connectivity index (χ2v) is 6.74. The van der Waals surface area contributed by atoms with Crippen LogP contribution in [-0.4, -0.2) is 32.7 Å². The first kappa shape index (κ1) is 15.6. The van der Waals surface area contributed by atoms with Gasteiger partial charge in [0.1, 0.15) is 5.60 Å².